The first kappa shape index (κ1) is 20.4. The van der Waals surface area contributed by atoms with Crippen LogP contribution in [0.5, 0.6) is 5.75 Å². The summed E-state index contributed by atoms with van der Waals surface area (Å²) in [5.41, 5.74) is 2.06. The molecule has 0 aliphatic rings. The lowest BCUT2D eigenvalue weighted by Gasteiger charge is -2.12. The van der Waals surface area contributed by atoms with Gasteiger partial charge in [0.25, 0.3) is 11.6 Å². The first-order valence-corrected chi connectivity index (χ1v) is 9.90. The van der Waals surface area contributed by atoms with E-state index in [1.807, 2.05) is 12.1 Å². The molecule has 31 heavy (non-hydrogen) atoms. The van der Waals surface area contributed by atoms with Gasteiger partial charge >= 0.3 is 0 Å². The molecule has 0 radical (unpaired) electrons. The highest BCUT2D eigenvalue weighted by molar-refractivity contribution is 9.10. The quantitative estimate of drug-likeness (QED) is 0.310. The summed E-state index contributed by atoms with van der Waals surface area (Å²) in [5.74, 6) is -0.175. The van der Waals surface area contributed by atoms with E-state index in [2.05, 4.69) is 31.2 Å². The van der Waals surface area contributed by atoms with Crippen LogP contribution in [-0.4, -0.2) is 27.9 Å². The number of pyridine rings is 2. The third-order valence-electron chi connectivity index (χ3n) is 4.62. The average Bonchev–Trinajstić information content (AvgIpc) is 2.79. The molecule has 0 atom stereocenters. The summed E-state index contributed by atoms with van der Waals surface area (Å²) in [6, 6.07) is 14.9. The molecule has 4 rings (SSSR count). The highest BCUT2D eigenvalue weighted by Crippen LogP contribution is 2.31. The van der Waals surface area contributed by atoms with Gasteiger partial charge in [-0.2, -0.15) is 0 Å². The minimum atomic E-state index is -0.569. The molecule has 0 aliphatic carbocycles. The van der Waals surface area contributed by atoms with Crippen molar-refractivity contribution in [1.29, 1.82) is 0 Å². The van der Waals surface area contributed by atoms with E-state index in [-0.39, 0.29) is 11.4 Å². The molecule has 1 amide bonds. The van der Waals surface area contributed by atoms with Gasteiger partial charge in [0.2, 0.25) is 0 Å². The predicted molar refractivity (Wildman–Crippen MR) is 120 cm³/mol. The molecule has 9 heteroatoms. The van der Waals surface area contributed by atoms with E-state index in [1.165, 1.54) is 19.2 Å². The summed E-state index contributed by atoms with van der Waals surface area (Å²) < 4.78 is 5.83. The molecular formula is C22H15BrN4O4. The zero-order valence-electron chi connectivity index (χ0n) is 16.2. The zero-order chi connectivity index (χ0) is 22.0. The number of halogens is 1. The number of nitro groups is 1. The molecule has 0 bridgehead atoms. The third kappa shape index (κ3) is 4.22. The number of methoxy groups -OCH3 is 1. The van der Waals surface area contributed by atoms with Crippen molar-refractivity contribution in [2.75, 3.05) is 12.4 Å². The van der Waals surface area contributed by atoms with E-state index >= 15 is 0 Å². The molecule has 0 unspecified atom stereocenters. The van der Waals surface area contributed by atoms with E-state index in [1.54, 1.807) is 42.7 Å². The minimum absolute atomic E-state index is 0.0682. The van der Waals surface area contributed by atoms with Crippen LogP contribution >= 0.6 is 15.9 Å². The molecule has 0 saturated carbocycles. The number of nitrogens with one attached hydrogen (secondary N) is 1. The number of carbonyl (C=O) groups excluding carboxylic acids is 1. The number of amides is 1. The Morgan fingerprint density at radius 2 is 2.00 bits per heavy atom. The highest BCUT2D eigenvalue weighted by Gasteiger charge is 2.20. The topological polar surface area (TPSA) is 107 Å². The summed E-state index contributed by atoms with van der Waals surface area (Å²) >= 11 is 3.42. The van der Waals surface area contributed by atoms with Crippen molar-refractivity contribution < 1.29 is 14.5 Å². The maximum atomic E-state index is 13.2. The maximum Gasteiger partial charge on any atom is 0.296 e. The first-order chi connectivity index (χ1) is 15.0. The van der Waals surface area contributed by atoms with Gasteiger partial charge in [-0.1, -0.05) is 15.9 Å². The molecule has 0 aliphatic heterocycles. The lowest BCUT2D eigenvalue weighted by molar-refractivity contribution is -0.384. The molecule has 8 nitrogen and oxygen atoms in total. The van der Waals surface area contributed by atoms with Crippen molar-refractivity contribution in [2.45, 2.75) is 0 Å². The largest absolute Gasteiger partial charge is 0.496 e. The summed E-state index contributed by atoms with van der Waals surface area (Å²) in [6.45, 7) is 0. The van der Waals surface area contributed by atoms with Gasteiger partial charge in [0, 0.05) is 27.8 Å². The second kappa shape index (κ2) is 8.49. The fourth-order valence-electron chi connectivity index (χ4n) is 3.13. The Labute approximate surface area is 185 Å². The van der Waals surface area contributed by atoms with Gasteiger partial charge in [-0.05, 0) is 48.5 Å². The molecule has 2 aromatic carbocycles. The third-order valence-corrected chi connectivity index (χ3v) is 5.12. The number of hydrogen-bond acceptors (Lipinski definition) is 6. The Kier molecular flexibility index (Phi) is 5.59. The Balaban J connectivity index is 1.82. The number of anilines is 1. The zero-order valence-corrected chi connectivity index (χ0v) is 17.8. The van der Waals surface area contributed by atoms with Gasteiger partial charge in [0.15, 0.2) is 0 Å². The van der Waals surface area contributed by atoms with Crippen LogP contribution in [0.2, 0.25) is 0 Å². The summed E-state index contributed by atoms with van der Waals surface area (Å²) in [6.07, 6.45) is 3.31. The Hall–Kier alpha value is -3.85. The van der Waals surface area contributed by atoms with E-state index < -0.39 is 10.8 Å². The van der Waals surface area contributed by atoms with Crippen molar-refractivity contribution in [2.24, 2.45) is 0 Å². The van der Waals surface area contributed by atoms with Crippen LogP contribution in [0.1, 0.15) is 10.4 Å². The van der Waals surface area contributed by atoms with Crippen LogP contribution in [-0.2, 0) is 0 Å². The van der Waals surface area contributed by atoms with Crippen LogP contribution in [0.15, 0.2) is 71.5 Å². The van der Waals surface area contributed by atoms with Crippen LogP contribution in [0, 0.1) is 10.1 Å². The second-order valence-corrected chi connectivity index (χ2v) is 7.47. The van der Waals surface area contributed by atoms with Crippen molar-refractivity contribution in [3.05, 3.63) is 87.1 Å². The van der Waals surface area contributed by atoms with Crippen LogP contribution in [0.3, 0.4) is 0 Å². The number of ether oxygens (including phenoxy) is 1. The summed E-state index contributed by atoms with van der Waals surface area (Å²) in [7, 11) is 1.41. The van der Waals surface area contributed by atoms with Crippen LogP contribution in [0.4, 0.5) is 11.4 Å². The SMILES string of the molecule is COc1ccc(NC(=O)c2cc(-c3cccnc3)nc3ccc(Br)cc23)c([N+](=O)[O-])c1. The van der Waals surface area contributed by atoms with Gasteiger partial charge in [-0.15, -0.1) is 0 Å². The van der Waals surface area contributed by atoms with Crippen LogP contribution < -0.4 is 10.1 Å². The van der Waals surface area contributed by atoms with Gasteiger partial charge in [0.1, 0.15) is 11.4 Å². The number of aromatic nitrogens is 2. The number of nitrogens with zero attached hydrogens (tertiary/aromatic N) is 3. The Morgan fingerprint density at radius 1 is 1.16 bits per heavy atom. The minimum Gasteiger partial charge on any atom is -0.496 e. The number of nitro benzene ring substituents is 1. The van der Waals surface area contributed by atoms with E-state index in [0.717, 1.165) is 10.0 Å². The normalized spacial score (nSPS) is 10.6. The fraction of sp³-hybridized carbons (Fsp3) is 0.0455. The molecule has 4 aromatic rings. The van der Waals surface area contributed by atoms with E-state index in [0.29, 0.717) is 27.9 Å². The summed E-state index contributed by atoms with van der Waals surface area (Å²) in [5, 5.41) is 14.7. The smallest absolute Gasteiger partial charge is 0.296 e. The molecule has 154 valence electrons. The monoisotopic (exact) mass is 478 g/mol. The first-order valence-electron chi connectivity index (χ1n) is 9.11. The van der Waals surface area contributed by atoms with Crippen molar-refractivity contribution in [3.8, 4) is 17.0 Å². The molecule has 2 heterocycles. The van der Waals surface area contributed by atoms with Gasteiger partial charge < -0.3 is 10.1 Å². The van der Waals surface area contributed by atoms with Gasteiger partial charge in [0.05, 0.1) is 34.9 Å². The van der Waals surface area contributed by atoms with Crippen molar-refractivity contribution >= 4 is 44.1 Å². The number of rotatable bonds is 5. The summed E-state index contributed by atoms with van der Waals surface area (Å²) in [4.78, 5) is 32.9. The van der Waals surface area contributed by atoms with Crippen LogP contribution in [0.25, 0.3) is 22.2 Å². The van der Waals surface area contributed by atoms with Gasteiger partial charge in [-0.3, -0.25) is 19.9 Å². The fourth-order valence-corrected chi connectivity index (χ4v) is 3.49. The lowest BCUT2D eigenvalue weighted by atomic mass is 10.0. The number of carbonyl (C=O) groups is 1. The molecule has 0 spiro atoms. The molecule has 0 saturated heterocycles. The number of fused-ring (bicyclic) bond motifs is 1. The van der Waals surface area contributed by atoms with E-state index in [9.17, 15) is 14.9 Å². The number of hydrogen-bond donors (Lipinski definition) is 1. The molecule has 2 aromatic heterocycles. The molecule has 0 fully saturated rings. The van der Waals surface area contributed by atoms with Crippen molar-refractivity contribution in [1.82, 2.24) is 9.97 Å². The molecule has 1 N–H and O–H groups in total. The lowest BCUT2D eigenvalue weighted by Crippen LogP contribution is -2.14. The second-order valence-electron chi connectivity index (χ2n) is 6.55. The van der Waals surface area contributed by atoms with Gasteiger partial charge in [-0.25, -0.2) is 4.98 Å². The average molecular weight is 479 g/mol. The van der Waals surface area contributed by atoms with Crippen molar-refractivity contribution in [3.63, 3.8) is 0 Å². The Morgan fingerprint density at radius 3 is 2.71 bits per heavy atom. The molecular weight excluding hydrogens is 464 g/mol. The standard InChI is InChI=1S/C22H15BrN4O4/c1-31-15-5-7-19(21(10-15)27(29)30)26-22(28)17-11-20(13-3-2-8-24-12-13)25-18-6-4-14(23)9-16(17)18/h2-12H,1H3,(H,26,28). The Bertz CT molecular complexity index is 1310. The maximum absolute atomic E-state index is 13.2. The highest BCUT2D eigenvalue weighted by atomic mass is 79.9. The number of benzene rings is 2. The predicted octanol–water partition coefficient (Wildman–Crippen LogP) is 5.23. The van der Waals surface area contributed by atoms with E-state index in [4.69, 9.17) is 4.74 Å².